The van der Waals surface area contributed by atoms with Crippen molar-refractivity contribution in [2.75, 3.05) is 11.9 Å². The number of rotatable bonds is 3. The molecule has 0 radical (unpaired) electrons. The third-order valence-corrected chi connectivity index (χ3v) is 2.92. The molecule has 5 heteroatoms. The standard InChI is InChI=1S/C9H17N3OS/c1-6(13)5-10-8-12-11-7(14-8)9(2,3)4/h6,13H,5H2,1-4H3,(H,10,12)/t6-/m0/s1. The number of nitrogens with one attached hydrogen (secondary N) is 1. The van der Waals surface area contributed by atoms with E-state index in [9.17, 15) is 0 Å². The Morgan fingerprint density at radius 1 is 1.43 bits per heavy atom. The summed E-state index contributed by atoms with van der Waals surface area (Å²) in [5.74, 6) is 0. The summed E-state index contributed by atoms with van der Waals surface area (Å²) in [6, 6.07) is 0. The van der Waals surface area contributed by atoms with E-state index in [-0.39, 0.29) is 11.5 Å². The topological polar surface area (TPSA) is 58.0 Å². The molecule has 0 saturated heterocycles. The van der Waals surface area contributed by atoms with Gasteiger partial charge in [0.2, 0.25) is 5.13 Å². The first-order valence-electron chi connectivity index (χ1n) is 4.65. The maximum atomic E-state index is 9.07. The predicted molar refractivity (Wildman–Crippen MR) is 58.8 cm³/mol. The molecule has 1 aromatic heterocycles. The largest absolute Gasteiger partial charge is 0.392 e. The molecule has 0 aliphatic heterocycles. The summed E-state index contributed by atoms with van der Waals surface area (Å²) in [6.45, 7) is 8.56. The van der Waals surface area contributed by atoms with Crippen LogP contribution in [0.15, 0.2) is 0 Å². The second-order valence-corrected chi connectivity index (χ2v) is 5.37. The zero-order valence-electron chi connectivity index (χ0n) is 9.03. The zero-order valence-corrected chi connectivity index (χ0v) is 9.85. The van der Waals surface area contributed by atoms with E-state index >= 15 is 0 Å². The molecular weight excluding hydrogens is 198 g/mol. The van der Waals surface area contributed by atoms with Crippen LogP contribution in [0.1, 0.15) is 32.7 Å². The number of aliphatic hydroxyl groups is 1. The Labute approximate surface area is 88.4 Å². The minimum absolute atomic E-state index is 0.0441. The molecule has 80 valence electrons. The molecule has 0 spiro atoms. The number of nitrogens with zero attached hydrogens (tertiary/aromatic N) is 2. The summed E-state index contributed by atoms with van der Waals surface area (Å²) in [5.41, 5.74) is 0.0441. The average molecular weight is 215 g/mol. The number of anilines is 1. The van der Waals surface area contributed by atoms with Crippen molar-refractivity contribution < 1.29 is 5.11 Å². The minimum atomic E-state index is -0.364. The molecule has 0 amide bonds. The Morgan fingerprint density at radius 2 is 2.07 bits per heavy atom. The van der Waals surface area contributed by atoms with E-state index in [4.69, 9.17) is 5.11 Å². The summed E-state index contributed by atoms with van der Waals surface area (Å²) >= 11 is 1.54. The van der Waals surface area contributed by atoms with Gasteiger partial charge in [0.15, 0.2) is 0 Å². The molecule has 1 rings (SSSR count). The van der Waals surface area contributed by atoms with Gasteiger partial charge >= 0.3 is 0 Å². The van der Waals surface area contributed by atoms with Crippen molar-refractivity contribution >= 4 is 16.5 Å². The normalized spacial score (nSPS) is 14.1. The van der Waals surface area contributed by atoms with Crippen LogP contribution < -0.4 is 5.32 Å². The molecule has 1 atom stereocenters. The van der Waals surface area contributed by atoms with Gasteiger partial charge in [-0.25, -0.2) is 0 Å². The second kappa shape index (κ2) is 4.23. The molecule has 14 heavy (non-hydrogen) atoms. The minimum Gasteiger partial charge on any atom is -0.392 e. The maximum Gasteiger partial charge on any atom is 0.205 e. The first-order valence-corrected chi connectivity index (χ1v) is 5.47. The van der Waals surface area contributed by atoms with Crippen LogP contribution >= 0.6 is 11.3 Å². The smallest absolute Gasteiger partial charge is 0.205 e. The first-order chi connectivity index (χ1) is 6.39. The Morgan fingerprint density at radius 3 is 2.50 bits per heavy atom. The molecule has 0 bridgehead atoms. The van der Waals surface area contributed by atoms with E-state index in [2.05, 4.69) is 36.3 Å². The molecule has 0 aliphatic carbocycles. The molecule has 0 unspecified atom stereocenters. The Bertz CT molecular complexity index is 290. The third kappa shape index (κ3) is 3.23. The van der Waals surface area contributed by atoms with Gasteiger partial charge in [-0.05, 0) is 6.92 Å². The maximum absolute atomic E-state index is 9.07. The van der Waals surface area contributed by atoms with Crippen LogP contribution in [0, 0.1) is 0 Å². The van der Waals surface area contributed by atoms with Crippen LogP contribution in [0.2, 0.25) is 0 Å². The molecular formula is C9H17N3OS. The molecule has 4 nitrogen and oxygen atoms in total. The van der Waals surface area contributed by atoms with Crippen LogP contribution in [0.4, 0.5) is 5.13 Å². The lowest BCUT2D eigenvalue weighted by atomic mass is 9.98. The van der Waals surface area contributed by atoms with Crippen LogP contribution in [0.5, 0.6) is 0 Å². The fourth-order valence-corrected chi connectivity index (χ4v) is 1.64. The Hall–Kier alpha value is -0.680. The Balaban J connectivity index is 2.60. The molecule has 0 aliphatic rings. The van der Waals surface area contributed by atoms with Gasteiger partial charge in [0.05, 0.1) is 6.10 Å². The number of aliphatic hydroxyl groups excluding tert-OH is 1. The molecule has 1 aromatic rings. The summed E-state index contributed by atoms with van der Waals surface area (Å²) in [6.07, 6.45) is -0.364. The number of aromatic nitrogens is 2. The lowest BCUT2D eigenvalue weighted by Gasteiger charge is -2.12. The highest BCUT2D eigenvalue weighted by Crippen LogP contribution is 2.27. The van der Waals surface area contributed by atoms with Crippen molar-refractivity contribution in [2.45, 2.75) is 39.2 Å². The fraction of sp³-hybridized carbons (Fsp3) is 0.778. The van der Waals surface area contributed by atoms with E-state index in [0.29, 0.717) is 6.54 Å². The van der Waals surface area contributed by atoms with Crippen LogP contribution in [-0.4, -0.2) is 28.0 Å². The van der Waals surface area contributed by atoms with Gasteiger partial charge in [-0.2, -0.15) is 0 Å². The second-order valence-electron chi connectivity index (χ2n) is 4.39. The van der Waals surface area contributed by atoms with Gasteiger partial charge < -0.3 is 10.4 Å². The van der Waals surface area contributed by atoms with Crippen molar-refractivity contribution in [3.8, 4) is 0 Å². The molecule has 0 saturated carbocycles. The van der Waals surface area contributed by atoms with Crippen molar-refractivity contribution in [3.05, 3.63) is 5.01 Å². The van der Waals surface area contributed by atoms with Gasteiger partial charge in [-0.15, -0.1) is 10.2 Å². The van der Waals surface area contributed by atoms with Crippen molar-refractivity contribution in [3.63, 3.8) is 0 Å². The van der Waals surface area contributed by atoms with E-state index in [1.807, 2.05) is 0 Å². The quantitative estimate of drug-likeness (QED) is 0.804. The van der Waals surface area contributed by atoms with Crippen molar-refractivity contribution in [1.82, 2.24) is 10.2 Å². The number of hydrogen-bond acceptors (Lipinski definition) is 5. The first kappa shape index (κ1) is 11.4. The summed E-state index contributed by atoms with van der Waals surface area (Å²) in [7, 11) is 0. The van der Waals surface area contributed by atoms with Crippen LogP contribution in [0.25, 0.3) is 0 Å². The van der Waals surface area contributed by atoms with Gasteiger partial charge in [0.1, 0.15) is 5.01 Å². The van der Waals surface area contributed by atoms with Crippen molar-refractivity contribution in [1.29, 1.82) is 0 Å². The van der Waals surface area contributed by atoms with E-state index in [0.717, 1.165) is 10.1 Å². The fourth-order valence-electron chi connectivity index (χ4n) is 0.833. The summed E-state index contributed by atoms with van der Waals surface area (Å²) in [5, 5.41) is 22.0. The Kier molecular flexibility index (Phi) is 3.44. The van der Waals surface area contributed by atoms with Gasteiger partial charge in [-0.1, -0.05) is 32.1 Å². The lowest BCUT2D eigenvalue weighted by Crippen LogP contribution is -2.15. The SMILES string of the molecule is C[C@H](O)CNc1nnc(C(C)(C)C)s1. The summed E-state index contributed by atoms with van der Waals surface area (Å²) in [4.78, 5) is 0. The highest BCUT2D eigenvalue weighted by atomic mass is 32.1. The lowest BCUT2D eigenvalue weighted by molar-refractivity contribution is 0.208. The van der Waals surface area contributed by atoms with Gasteiger partial charge in [0.25, 0.3) is 0 Å². The van der Waals surface area contributed by atoms with Crippen molar-refractivity contribution in [2.24, 2.45) is 0 Å². The van der Waals surface area contributed by atoms with Crippen LogP contribution in [0.3, 0.4) is 0 Å². The van der Waals surface area contributed by atoms with Gasteiger partial charge in [0, 0.05) is 12.0 Å². The van der Waals surface area contributed by atoms with Gasteiger partial charge in [-0.3, -0.25) is 0 Å². The van der Waals surface area contributed by atoms with E-state index in [1.54, 1.807) is 6.92 Å². The monoisotopic (exact) mass is 215 g/mol. The summed E-state index contributed by atoms with van der Waals surface area (Å²) < 4.78 is 0. The highest BCUT2D eigenvalue weighted by Gasteiger charge is 2.19. The molecule has 2 N–H and O–H groups in total. The molecule has 0 fully saturated rings. The predicted octanol–water partition coefficient (Wildman–Crippen LogP) is 1.63. The van der Waals surface area contributed by atoms with E-state index in [1.165, 1.54) is 11.3 Å². The number of hydrogen-bond donors (Lipinski definition) is 2. The highest BCUT2D eigenvalue weighted by molar-refractivity contribution is 7.15. The van der Waals surface area contributed by atoms with Crippen LogP contribution in [-0.2, 0) is 5.41 Å². The average Bonchev–Trinajstić information content (AvgIpc) is 2.47. The zero-order chi connectivity index (χ0) is 10.8. The molecule has 1 heterocycles. The third-order valence-electron chi connectivity index (χ3n) is 1.62. The van der Waals surface area contributed by atoms with E-state index < -0.39 is 0 Å². The molecule has 0 aromatic carbocycles.